The summed E-state index contributed by atoms with van der Waals surface area (Å²) >= 11 is 0. The highest BCUT2D eigenvalue weighted by molar-refractivity contribution is 5.88. The number of aliphatic hydroxyl groups is 1. The van der Waals surface area contributed by atoms with E-state index in [9.17, 15) is 19.8 Å². The van der Waals surface area contributed by atoms with Gasteiger partial charge in [-0.05, 0) is 24.3 Å². The van der Waals surface area contributed by atoms with E-state index < -0.39 is 34.9 Å². The van der Waals surface area contributed by atoms with Crippen LogP contribution in [0.2, 0.25) is 0 Å². The van der Waals surface area contributed by atoms with E-state index in [2.05, 4.69) is 11.0 Å². The summed E-state index contributed by atoms with van der Waals surface area (Å²) in [5.41, 5.74) is -0.581. The second kappa shape index (κ2) is 7.04. The summed E-state index contributed by atoms with van der Waals surface area (Å²) in [6.45, 7) is 1.53. The average Bonchev–Trinajstić information content (AvgIpc) is 3.15. The number of aromatic carboxylic acids is 1. The fraction of sp³-hybridized carbons (Fsp3) is 0.524. The quantitative estimate of drug-likeness (QED) is 0.707. The Bertz CT molecular complexity index is 1020. The molecule has 1 fully saturated rings. The summed E-state index contributed by atoms with van der Waals surface area (Å²) < 4.78 is 23.0. The molecule has 5 unspecified atom stereocenters. The molecule has 0 aromatic carbocycles. The zero-order valence-electron chi connectivity index (χ0n) is 16.6. The van der Waals surface area contributed by atoms with E-state index in [0.717, 1.165) is 6.42 Å². The molecule has 0 spiro atoms. The van der Waals surface area contributed by atoms with Gasteiger partial charge in [0.2, 0.25) is 5.43 Å². The Morgan fingerprint density at radius 1 is 1.37 bits per heavy atom. The molecule has 0 amide bonds. The van der Waals surface area contributed by atoms with Crippen molar-refractivity contribution in [3.63, 3.8) is 0 Å². The number of aliphatic hydroxyl groups excluding tert-OH is 1. The smallest absolute Gasteiger partial charge is 0.341 e. The fourth-order valence-corrected chi connectivity index (χ4v) is 5.46. The maximum atomic E-state index is 15.4. The van der Waals surface area contributed by atoms with Crippen LogP contribution in [0.4, 0.5) is 4.39 Å². The zero-order valence-corrected chi connectivity index (χ0v) is 16.6. The van der Waals surface area contributed by atoms with Gasteiger partial charge in [-0.3, -0.25) is 19.4 Å². The van der Waals surface area contributed by atoms with Crippen LogP contribution in [0.5, 0.6) is 0 Å². The van der Waals surface area contributed by atoms with Gasteiger partial charge >= 0.3 is 5.97 Å². The minimum absolute atomic E-state index is 0.0340. The molecule has 0 bridgehead atoms. The first-order valence-corrected chi connectivity index (χ1v) is 10.1. The number of rotatable bonds is 3. The predicted molar refractivity (Wildman–Crippen MR) is 106 cm³/mol. The Morgan fingerprint density at radius 3 is 2.90 bits per heavy atom. The molecule has 2 aliphatic heterocycles. The first-order valence-electron chi connectivity index (χ1n) is 10.1. The van der Waals surface area contributed by atoms with Crippen molar-refractivity contribution >= 4 is 12.0 Å². The molecule has 5 rings (SSSR count). The monoisotopic (exact) mass is 417 g/mol. The number of carboxylic acid groups (broad SMARTS) is 1. The number of nitrogens with zero attached hydrogens (tertiary/aromatic N) is 3. The molecule has 2 N–H and O–H groups in total. The molecule has 160 valence electrons. The van der Waals surface area contributed by atoms with Crippen molar-refractivity contribution in [1.29, 1.82) is 0 Å². The highest BCUT2D eigenvalue weighted by atomic mass is 19.1. The van der Waals surface area contributed by atoms with Crippen molar-refractivity contribution in [2.45, 2.75) is 18.6 Å². The van der Waals surface area contributed by atoms with Crippen LogP contribution in [-0.2, 0) is 4.74 Å². The van der Waals surface area contributed by atoms with E-state index in [1.807, 2.05) is 6.08 Å². The third kappa shape index (κ3) is 2.76. The number of carbonyl (C=O) groups is 1. The van der Waals surface area contributed by atoms with Crippen LogP contribution in [0.15, 0.2) is 29.0 Å². The topological polar surface area (TPSA) is 95.2 Å². The number of likely N-dealkylation sites (tertiary alicyclic amines) is 1. The van der Waals surface area contributed by atoms with Gasteiger partial charge in [0, 0.05) is 44.4 Å². The van der Waals surface area contributed by atoms with Crippen LogP contribution in [0.1, 0.15) is 34.1 Å². The largest absolute Gasteiger partial charge is 0.477 e. The molecule has 8 nitrogen and oxygen atoms in total. The second-order valence-corrected chi connectivity index (χ2v) is 8.56. The molecule has 1 aromatic rings. The fourth-order valence-electron chi connectivity index (χ4n) is 5.46. The van der Waals surface area contributed by atoms with Gasteiger partial charge in [0.15, 0.2) is 0 Å². The number of halogens is 1. The lowest BCUT2D eigenvalue weighted by Crippen LogP contribution is -2.51. The van der Waals surface area contributed by atoms with E-state index >= 15 is 4.39 Å². The van der Waals surface area contributed by atoms with Crippen LogP contribution in [-0.4, -0.2) is 65.3 Å². The summed E-state index contributed by atoms with van der Waals surface area (Å²) in [7, 11) is 1.72. The molecule has 5 atom stereocenters. The van der Waals surface area contributed by atoms with Crippen LogP contribution in [0.3, 0.4) is 0 Å². The van der Waals surface area contributed by atoms with E-state index in [0.29, 0.717) is 24.7 Å². The van der Waals surface area contributed by atoms with Crippen LogP contribution >= 0.6 is 0 Å². The number of fused-ring (bicyclic) bond motifs is 1. The number of ether oxygens (including phenoxy) is 1. The van der Waals surface area contributed by atoms with Crippen molar-refractivity contribution in [2.75, 3.05) is 38.5 Å². The van der Waals surface area contributed by atoms with Gasteiger partial charge in [-0.25, -0.2) is 9.18 Å². The molecular formula is C21H24FN3O5. The molecule has 3 heterocycles. The second-order valence-electron chi connectivity index (χ2n) is 8.56. The molecule has 4 aliphatic rings. The van der Waals surface area contributed by atoms with Crippen molar-refractivity contribution in [2.24, 2.45) is 17.8 Å². The summed E-state index contributed by atoms with van der Waals surface area (Å²) in [6, 6.07) is -0.683. The van der Waals surface area contributed by atoms with Gasteiger partial charge in [0.1, 0.15) is 24.2 Å². The third-order valence-electron chi connectivity index (χ3n) is 6.92. The minimum Gasteiger partial charge on any atom is -0.477 e. The summed E-state index contributed by atoms with van der Waals surface area (Å²) in [6.07, 6.45) is 6.79. The Hall–Kier alpha value is -2.49. The van der Waals surface area contributed by atoms with E-state index in [4.69, 9.17) is 4.74 Å². The molecule has 1 aromatic heterocycles. The van der Waals surface area contributed by atoms with E-state index in [1.54, 1.807) is 16.7 Å². The van der Waals surface area contributed by atoms with Crippen LogP contribution < -0.4 is 10.4 Å². The number of carboxylic acids is 1. The highest BCUT2D eigenvalue weighted by Crippen LogP contribution is 2.44. The summed E-state index contributed by atoms with van der Waals surface area (Å²) in [5, 5.41) is 20.8. The number of hydrogen-bond donors (Lipinski definition) is 2. The standard InChI is InChI=1S/C21H24FN3O5/c1-23-10-30-20-17-13(19(27)15(21(28)29)8-25(17)23)5-16(22)18(20)24-6-11-3-2-4-12(9-26)14(11)7-24/h2,4-5,8,11-12,14,18,20,26H,3,6-7,9-10H2,1H3,(H,28,29). The Balaban J connectivity index is 1.57. The number of pyridine rings is 1. The predicted octanol–water partition coefficient (Wildman–Crippen LogP) is 0.952. The van der Waals surface area contributed by atoms with Gasteiger partial charge in [0.05, 0.1) is 11.7 Å². The molecule has 30 heavy (non-hydrogen) atoms. The SMILES string of the molecule is CN1COC2c3c(c(=O)c(C(=O)O)cn31)C=C(F)C2N1CC2CC=CC(CO)C2C1. The molecule has 0 saturated carbocycles. The van der Waals surface area contributed by atoms with Gasteiger partial charge in [-0.2, -0.15) is 0 Å². The molecule has 1 saturated heterocycles. The first kappa shape index (κ1) is 19.5. The molecule has 0 radical (unpaired) electrons. The first-order chi connectivity index (χ1) is 14.4. The number of hydrogen-bond acceptors (Lipinski definition) is 6. The molecule has 9 heteroatoms. The lowest BCUT2D eigenvalue weighted by molar-refractivity contribution is -0.0340. The number of allylic oxidation sites excluding steroid dienone is 1. The van der Waals surface area contributed by atoms with Crippen molar-refractivity contribution < 1.29 is 24.1 Å². The van der Waals surface area contributed by atoms with Gasteiger partial charge in [0.25, 0.3) is 0 Å². The van der Waals surface area contributed by atoms with E-state index in [-0.39, 0.29) is 30.7 Å². The van der Waals surface area contributed by atoms with Gasteiger partial charge < -0.3 is 14.9 Å². The summed E-state index contributed by atoms with van der Waals surface area (Å²) in [4.78, 5) is 26.3. The van der Waals surface area contributed by atoms with Gasteiger partial charge in [-0.15, -0.1) is 0 Å². The normalized spacial score (nSPS) is 32.6. The third-order valence-corrected chi connectivity index (χ3v) is 6.92. The van der Waals surface area contributed by atoms with Crippen molar-refractivity contribution in [3.05, 3.63) is 51.2 Å². The lowest BCUT2D eigenvalue weighted by atomic mass is 9.78. The number of aromatic nitrogens is 1. The lowest BCUT2D eigenvalue weighted by Gasteiger charge is -2.43. The highest BCUT2D eigenvalue weighted by Gasteiger charge is 2.48. The maximum Gasteiger partial charge on any atom is 0.341 e. The van der Waals surface area contributed by atoms with Crippen molar-refractivity contribution in [1.82, 2.24) is 9.58 Å². The van der Waals surface area contributed by atoms with Crippen LogP contribution in [0.25, 0.3) is 6.08 Å². The Kier molecular flexibility index (Phi) is 4.57. The van der Waals surface area contributed by atoms with Crippen molar-refractivity contribution in [3.8, 4) is 0 Å². The summed E-state index contributed by atoms with van der Waals surface area (Å²) in [5.74, 6) is -1.19. The van der Waals surface area contributed by atoms with Gasteiger partial charge in [-0.1, -0.05) is 12.2 Å². The average molecular weight is 417 g/mol. The zero-order chi connectivity index (χ0) is 21.2. The molecular weight excluding hydrogens is 393 g/mol. The minimum atomic E-state index is -1.34. The Morgan fingerprint density at radius 2 is 2.17 bits per heavy atom. The molecule has 2 aliphatic carbocycles. The maximum absolute atomic E-state index is 15.4. The van der Waals surface area contributed by atoms with Crippen LogP contribution in [0, 0.1) is 17.8 Å². The van der Waals surface area contributed by atoms with E-state index in [1.165, 1.54) is 12.3 Å². The Labute approximate surface area is 172 Å².